The SMILES string of the molecule is C=CCc1cc2ccc3ccc4cc5ccc6ccc7ccc8cc1c1c2c3c4c2c5c6c7c8c12. The fourth-order valence-corrected chi connectivity index (χ4v) is 7.66. The lowest BCUT2D eigenvalue weighted by Crippen LogP contribution is -1.98. The summed E-state index contributed by atoms with van der Waals surface area (Å²) >= 11 is 0. The van der Waals surface area contributed by atoms with Gasteiger partial charge in [0.25, 0.3) is 0 Å². The van der Waals surface area contributed by atoms with Crippen LogP contribution < -0.4 is 0 Å². The summed E-state index contributed by atoms with van der Waals surface area (Å²) in [7, 11) is 0. The van der Waals surface area contributed by atoms with Gasteiger partial charge in [0.1, 0.15) is 0 Å². The normalized spacial score (nSPS) is 13.4. The topological polar surface area (TPSA) is 0 Å². The summed E-state index contributed by atoms with van der Waals surface area (Å²) < 4.78 is 0. The highest BCUT2D eigenvalue weighted by molar-refractivity contribution is 6.53. The number of allylic oxidation sites excluding steroid dienone is 1. The second-order valence-corrected chi connectivity index (χ2v) is 10.5. The van der Waals surface area contributed by atoms with Crippen LogP contribution in [0.1, 0.15) is 5.56 Å². The summed E-state index contributed by atoms with van der Waals surface area (Å²) in [6.45, 7) is 4.09. The predicted molar refractivity (Wildman–Crippen MR) is 154 cm³/mol. The van der Waals surface area contributed by atoms with Crippen molar-refractivity contribution in [3.05, 3.63) is 97.1 Å². The van der Waals surface area contributed by atoms with Gasteiger partial charge in [-0.3, -0.25) is 0 Å². The lowest BCUT2D eigenvalue weighted by Gasteiger charge is -2.26. The van der Waals surface area contributed by atoms with Gasteiger partial charge >= 0.3 is 0 Å². The third-order valence-electron chi connectivity index (χ3n) is 8.90. The third kappa shape index (κ3) is 1.68. The molecule has 0 radical (unpaired) electrons. The molecule has 0 N–H and O–H groups in total. The lowest BCUT2D eigenvalue weighted by atomic mass is 9.77. The van der Waals surface area contributed by atoms with E-state index in [0.717, 1.165) is 6.42 Å². The minimum absolute atomic E-state index is 0.880. The molecule has 0 nitrogen and oxygen atoms in total. The highest BCUT2D eigenvalue weighted by Crippen LogP contribution is 2.55. The molecule has 0 aromatic heterocycles. The van der Waals surface area contributed by atoms with E-state index in [0.29, 0.717) is 0 Å². The first kappa shape index (κ1) is 17.1. The molecule has 158 valence electrons. The predicted octanol–water partition coefficient (Wildman–Crippen LogP) is 9.98. The average Bonchev–Trinajstić information content (AvgIpc) is 2.90. The first-order valence-corrected chi connectivity index (χ1v) is 12.5. The molecule has 0 saturated heterocycles. The molecule has 0 bridgehead atoms. The maximum absolute atomic E-state index is 4.09. The molecular weight excluding hydrogens is 420 g/mol. The molecule has 0 unspecified atom stereocenters. The van der Waals surface area contributed by atoms with E-state index in [9.17, 15) is 0 Å². The van der Waals surface area contributed by atoms with Crippen LogP contribution >= 0.6 is 0 Å². The Morgan fingerprint density at radius 3 is 1.29 bits per heavy atom. The second kappa shape index (κ2) is 5.29. The minimum Gasteiger partial charge on any atom is -0.103 e. The van der Waals surface area contributed by atoms with Crippen LogP contribution in [0.3, 0.4) is 0 Å². The molecular formula is C35H18. The largest absolute Gasteiger partial charge is 0.103 e. The quantitative estimate of drug-likeness (QED) is 0.143. The fourth-order valence-electron chi connectivity index (χ4n) is 7.66. The Morgan fingerprint density at radius 1 is 0.400 bits per heavy atom. The van der Waals surface area contributed by atoms with Crippen molar-refractivity contribution in [1.82, 2.24) is 0 Å². The van der Waals surface area contributed by atoms with Gasteiger partial charge in [0, 0.05) is 0 Å². The van der Waals surface area contributed by atoms with Crippen LogP contribution in [0.4, 0.5) is 0 Å². The Labute approximate surface area is 200 Å². The number of hydrogen-bond donors (Lipinski definition) is 0. The molecule has 0 saturated carbocycles. The van der Waals surface area contributed by atoms with Gasteiger partial charge in [-0.05, 0) is 121 Å². The van der Waals surface area contributed by atoms with Gasteiger partial charge in [-0.25, -0.2) is 0 Å². The van der Waals surface area contributed by atoms with Gasteiger partial charge in [0.15, 0.2) is 0 Å². The van der Waals surface area contributed by atoms with Crippen molar-refractivity contribution < 1.29 is 0 Å². The van der Waals surface area contributed by atoms with Gasteiger partial charge in [0.2, 0.25) is 0 Å². The zero-order chi connectivity index (χ0) is 22.6. The van der Waals surface area contributed by atoms with E-state index in [2.05, 4.69) is 85.4 Å². The second-order valence-electron chi connectivity index (χ2n) is 10.5. The summed E-state index contributed by atoms with van der Waals surface area (Å²) in [5.74, 6) is 0. The molecule has 0 atom stereocenters. The molecule has 35 heavy (non-hydrogen) atoms. The monoisotopic (exact) mass is 438 g/mol. The van der Waals surface area contributed by atoms with Crippen molar-refractivity contribution in [2.24, 2.45) is 0 Å². The first-order valence-electron chi connectivity index (χ1n) is 12.5. The van der Waals surface area contributed by atoms with Crippen LogP contribution in [0.5, 0.6) is 0 Å². The molecule has 0 aliphatic rings. The van der Waals surface area contributed by atoms with E-state index in [1.54, 1.807) is 0 Å². The Hall–Kier alpha value is -4.42. The van der Waals surface area contributed by atoms with E-state index < -0.39 is 0 Å². The summed E-state index contributed by atoms with van der Waals surface area (Å²) in [6.07, 6.45) is 2.93. The molecule has 10 rings (SSSR count). The maximum Gasteiger partial charge on any atom is -0.0000825 e. The Bertz CT molecular complexity index is 2430. The molecule has 0 amide bonds. The van der Waals surface area contributed by atoms with Crippen molar-refractivity contribution in [1.29, 1.82) is 0 Å². The highest BCUT2D eigenvalue weighted by Gasteiger charge is 2.26. The molecule has 10 aromatic rings. The summed E-state index contributed by atoms with van der Waals surface area (Å²) in [6, 6.07) is 30.5. The van der Waals surface area contributed by atoms with Crippen molar-refractivity contribution in [3.8, 4) is 0 Å². The first-order chi connectivity index (χ1) is 17.3. The van der Waals surface area contributed by atoms with Gasteiger partial charge in [-0.2, -0.15) is 0 Å². The zero-order valence-electron chi connectivity index (χ0n) is 19.0. The number of rotatable bonds is 2. The summed E-state index contributed by atoms with van der Waals surface area (Å²) in [5, 5.41) is 25.2. The summed E-state index contributed by atoms with van der Waals surface area (Å²) in [5.41, 5.74) is 1.37. The molecule has 10 aromatic carbocycles. The van der Waals surface area contributed by atoms with Gasteiger partial charge < -0.3 is 0 Å². The fraction of sp³-hybridized carbons (Fsp3) is 0.0286. The Morgan fingerprint density at radius 2 is 0.771 bits per heavy atom. The number of hydrogen-bond acceptors (Lipinski definition) is 0. The van der Waals surface area contributed by atoms with Crippen LogP contribution in [0, 0.1) is 0 Å². The van der Waals surface area contributed by atoms with Gasteiger partial charge in [-0.15, -0.1) is 6.58 Å². The molecule has 0 heterocycles. The van der Waals surface area contributed by atoms with E-state index in [1.165, 1.54) is 103 Å². The van der Waals surface area contributed by atoms with Crippen LogP contribution in [-0.4, -0.2) is 0 Å². The third-order valence-corrected chi connectivity index (χ3v) is 8.90. The number of benzene rings is 10. The van der Waals surface area contributed by atoms with E-state index in [1.807, 2.05) is 6.08 Å². The van der Waals surface area contributed by atoms with Crippen molar-refractivity contribution in [2.45, 2.75) is 6.42 Å². The lowest BCUT2D eigenvalue weighted by molar-refractivity contribution is 1.32. The van der Waals surface area contributed by atoms with Crippen LogP contribution in [0.15, 0.2) is 91.5 Å². The van der Waals surface area contributed by atoms with Gasteiger partial charge in [0.05, 0.1) is 0 Å². The van der Waals surface area contributed by atoms with Crippen LogP contribution in [-0.2, 0) is 6.42 Å². The Kier molecular flexibility index (Phi) is 2.58. The molecule has 0 fully saturated rings. The van der Waals surface area contributed by atoms with Crippen LogP contribution in [0.2, 0.25) is 0 Å². The van der Waals surface area contributed by atoms with Crippen LogP contribution in [0.25, 0.3) is 97.0 Å². The summed E-state index contributed by atoms with van der Waals surface area (Å²) in [4.78, 5) is 0. The maximum atomic E-state index is 4.09. The average molecular weight is 439 g/mol. The molecule has 0 spiro atoms. The zero-order valence-corrected chi connectivity index (χ0v) is 19.0. The minimum atomic E-state index is 0.880. The van der Waals surface area contributed by atoms with Crippen molar-refractivity contribution in [3.63, 3.8) is 0 Å². The van der Waals surface area contributed by atoms with E-state index >= 15 is 0 Å². The molecule has 0 heteroatoms. The van der Waals surface area contributed by atoms with Crippen molar-refractivity contribution in [2.75, 3.05) is 0 Å². The van der Waals surface area contributed by atoms with E-state index in [-0.39, 0.29) is 0 Å². The smallest absolute Gasteiger partial charge is 0.0000825 e. The standard InChI is InChI=1S/C35H18/c1-2-3-20-14-21-10-6-19-8-12-23-15-22-11-7-17-4-5-18-9-13-24-16-25(20)33-29(21)28(19)31(23)34-30(22)26(17)27(18)32(24)35(33)34/h2,4-16H,1,3H2. The van der Waals surface area contributed by atoms with Crippen molar-refractivity contribution >= 4 is 97.0 Å². The molecule has 0 aliphatic carbocycles. The van der Waals surface area contributed by atoms with Gasteiger partial charge in [-0.1, -0.05) is 72.8 Å². The highest BCUT2D eigenvalue weighted by atomic mass is 14.3. The Balaban J connectivity index is 1.75. The van der Waals surface area contributed by atoms with E-state index in [4.69, 9.17) is 0 Å². The molecule has 0 aliphatic heterocycles.